The van der Waals surface area contributed by atoms with Crippen LogP contribution in [0.5, 0.6) is 0 Å². The Morgan fingerprint density at radius 2 is 1.73 bits per heavy atom. The predicted molar refractivity (Wildman–Crippen MR) is 52.0 cm³/mol. The molecule has 0 aromatic heterocycles. The average Bonchev–Trinajstić information content (AvgIpc) is 1.83. The monoisotopic (exact) mass is 170 g/mol. The molecular formula is C9H18OSi. The van der Waals surface area contributed by atoms with E-state index in [1.807, 2.05) is 0 Å². The second-order valence-corrected chi connectivity index (χ2v) is 10.0. The highest BCUT2D eigenvalue weighted by atomic mass is 28.3. The van der Waals surface area contributed by atoms with Crippen molar-refractivity contribution in [3.05, 3.63) is 0 Å². The van der Waals surface area contributed by atoms with E-state index in [4.69, 9.17) is 6.42 Å². The lowest BCUT2D eigenvalue weighted by molar-refractivity contribution is 0.293. The van der Waals surface area contributed by atoms with Crippen LogP contribution in [0, 0.1) is 12.3 Å². The Bertz CT molecular complexity index is 171. The van der Waals surface area contributed by atoms with Crippen LogP contribution < -0.4 is 0 Å². The Labute approximate surface area is 70.8 Å². The van der Waals surface area contributed by atoms with Gasteiger partial charge in [0.1, 0.15) is 13.8 Å². The van der Waals surface area contributed by atoms with E-state index >= 15 is 0 Å². The third kappa shape index (κ3) is 2.08. The second kappa shape index (κ2) is 3.00. The van der Waals surface area contributed by atoms with Crippen LogP contribution in [0.2, 0.25) is 18.1 Å². The summed E-state index contributed by atoms with van der Waals surface area (Å²) in [6.45, 7) is 10.7. The maximum absolute atomic E-state index is 9.55. The van der Waals surface area contributed by atoms with Gasteiger partial charge in [-0.2, -0.15) is 0 Å². The zero-order valence-electron chi connectivity index (χ0n) is 8.10. The first-order valence-corrected chi connectivity index (χ1v) is 6.95. The minimum absolute atomic E-state index is 0.165. The fraction of sp³-hybridized carbons (Fsp3) is 0.778. The van der Waals surface area contributed by atoms with E-state index in [1.54, 1.807) is 0 Å². The number of rotatable bonds is 1. The first-order valence-electron chi connectivity index (χ1n) is 3.87. The SMILES string of the molecule is C#CC(O)[Si](C)(C)C(C)(C)C. The number of aliphatic hydroxyl groups excluding tert-OH is 1. The van der Waals surface area contributed by atoms with Crippen molar-refractivity contribution in [2.75, 3.05) is 0 Å². The molecule has 0 aliphatic carbocycles. The Morgan fingerprint density at radius 3 is 1.82 bits per heavy atom. The number of hydrogen-bond donors (Lipinski definition) is 1. The number of terminal acetylenes is 1. The first kappa shape index (κ1) is 10.7. The van der Waals surface area contributed by atoms with E-state index in [-0.39, 0.29) is 5.04 Å². The molecule has 0 aromatic carbocycles. The van der Waals surface area contributed by atoms with Crippen molar-refractivity contribution >= 4 is 8.07 Å². The van der Waals surface area contributed by atoms with Gasteiger partial charge in [0.15, 0.2) is 0 Å². The van der Waals surface area contributed by atoms with Crippen LogP contribution in [0.25, 0.3) is 0 Å². The lowest BCUT2D eigenvalue weighted by Crippen LogP contribution is -2.48. The maximum Gasteiger partial charge on any atom is 0.102 e. The summed E-state index contributed by atoms with van der Waals surface area (Å²) in [5.41, 5.74) is -0.525. The molecule has 0 amide bonds. The van der Waals surface area contributed by atoms with E-state index in [1.165, 1.54) is 0 Å². The van der Waals surface area contributed by atoms with Crippen molar-refractivity contribution in [3.63, 3.8) is 0 Å². The Kier molecular flexibility index (Phi) is 2.93. The molecule has 1 nitrogen and oxygen atoms in total. The van der Waals surface area contributed by atoms with Gasteiger partial charge in [0, 0.05) is 0 Å². The van der Waals surface area contributed by atoms with Gasteiger partial charge in [0.2, 0.25) is 0 Å². The molecule has 0 rings (SSSR count). The van der Waals surface area contributed by atoms with Gasteiger partial charge in [-0.05, 0) is 5.04 Å². The van der Waals surface area contributed by atoms with Crippen molar-refractivity contribution in [2.45, 2.75) is 44.6 Å². The molecule has 0 fully saturated rings. The topological polar surface area (TPSA) is 20.2 Å². The summed E-state index contributed by atoms with van der Waals surface area (Å²) in [7, 11) is -1.69. The van der Waals surface area contributed by atoms with Gasteiger partial charge in [0.25, 0.3) is 0 Å². The molecule has 0 spiro atoms. The fourth-order valence-corrected chi connectivity index (χ4v) is 1.86. The number of aliphatic hydroxyl groups is 1. The smallest absolute Gasteiger partial charge is 0.102 e. The Balaban J connectivity index is 4.62. The van der Waals surface area contributed by atoms with Crippen LogP contribution in [0.3, 0.4) is 0 Å². The predicted octanol–water partition coefficient (Wildman–Crippen LogP) is 2.03. The van der Waals surface area contributed by atoms with Crippen LogP contribution in [0.1, 0.15) is 20.8 Å². The minimum atomic E-state index is -1.69. The third-order valence-electron chi connectivity index (χ3n) is 2.77. The van der Waals surface area contributed by atoms with E-state index in [0.717, 1.165) is 0 Å². The second-order valence-electron chi connectivity index (χ2n) is 4.54. The Morgan fingerprint density at radius 1 is 1.36 bits per heavy atom. The highest BCUT2D eigenvalue weighted by Crippen LogP contribution is 2.37. The summed E-state index contributed by atoms with van der Waals surface area (Å²) in [4.78, 5) is 0. The van der Waals surface area contributed by atoms with Crippen molar-refractivity contribution in [1.29, 1.82) is 0 Å². The molecule has 2 heteroatoms. The number of hydrogen-bond acceptors (Lipinski definition) is 1. The lowest BCUT2D eigenvalue weighted by atomic mass is 10.2. The summed E-state index contributed by atoms with van der Waals surface area (Å²) >= 11 is 0. The molecule has 64 valence electrons. The van der Waals surface area contributed by atoms with Gasteiger partial charge in [0.05, 0.1) is 0 Å². The molecule has 0 aliphatic heterocycles. The molecular weight excluding hydrogens is 152 g/mol. The van der Waals surface area contributed by atoms with Crippen LogP contribution in [0.15, 0.2) is 0 Å². The standard InChI is InChI=1S/C9H18OSi/c1-7-8(10)11(5,6)9(2,3)4/h1,8,10H,2-6H3. The van der Waals surface area contributed by atoms with Gasteiger partial charge < -0.3 is 5.11 Å². The fourth-order valence-electron chi connectivity index (χ4n) is 0.618. The van der Waals surface area contributed by atoms with Crippen LogP contribution >= 0.6 is 0 Å². The molecule has 1 N–H and O–H groups in total. The van der Waals surface area contributed by atoms with E-state index in [0.29, 0.717) is 0 Å². The van der Waals surface area contributed by atoms with Crippen molar-refractivity contribution in [3.8, 4) is 12.3 Å². The first-order chi connectivity index (χ1) is 4.73. The largest absolute Gasteiger partial charge is 0.384 e. The summed E-state index contributed by atoms with van der Waals surface area (Å²) in [5, 5.41) is 9.71. The van der Waals surface area contributed by atoms with E-state index in [9.17, 15) is 5.11 Å². The lowest BCUT2D eigenvalue weighted by Gasteiger charge is -2.38. The van der Waals surface area contributed by atoms with E-state index < -0.39 is 13.8 Å². The normalized spacial score (nSPS) is 15.7. The molecule has 0 aromatic rings. The molecule has 0 heterocycles. The molecule has 0 aliphatic rings. The molecule has 1 unspecified atom stereocenters. The average molecular weight is 170 g/mol. The molecule has 0 radical (unpaired) electrons. The van der Waals surface area contributed by atoms with Crippen molar-refractivity contribution in [1.82, 2.24) is 0 Å². The van der Waals surface area contributed by atoms with Crippen molar-refractivity contribution in [2.24, 2.45) is 0 Å². The Hall–Kier alpha value is -0.263. The molecule has 11 heavy (non-hydrogen) atoms. The molecule has 0 saturated carbocycles. The highest BCUT2D eigenvalue weighted by Gasteiger charge is 2.40. The summed E-state index contributed by atoms with van der Waals surface area (Å²) in [6, 6.07) is 0. The van der Waals surface area contributed by atoms with Gasteiger partial charge >= 0.3 is 0 Å². The zero-order chi connectivity index (χ0) is 9.28. The van der Waals surface area contributed by atoms with Gasteiger partial charge in [-0.25, -0.2) is 0 Å². The summed E-state index contributed by atoms with van der Waals surface area (Å²) in [6.07, 6.45) is 5.19. The summed E-state index contributed by atoms with van der Waals surface area (Å²) in [5.74, 6) is 2.43. The van der Waals surface area contributed by atoms with Crippen LogP contribution in [-0.2, 0) is 0 Å². The minimum Gasteiger partial charge on any atom is -0.384 e. The summed E-state index contributed by atoms with van der Waals surface area (Å²) < 4.78 is 0. The van der Waals surface area contributed by atoms with Crippen LogP contribution in [-0.4, -0.2) is 18.9 Å². The van der Waals surface area contributed by atoms with Crippen molar-refractivity contribution < 1.29 is 5.11 Å². The quantitative estimate of drug-likeness (QED) is 0.471. The molecule has 1 atom stereocenters. The van der Waals surface area contributed by atoms with E-state index in [2.05, 4.69) is 39.8 Å². The van der Waals surface area contributed by atoms with Gasteiger partial charge in [-0.1, -0.05) is 39.8 Å². The third-order valence-corrected chi connectivity index (χ3v) is 8.17. The zero-order valence-corrected chi connectivity index (χ0v) is 9.10. The van der Waals surface area contributed by atoms with Gasteiger partial charge in [-0.3, -0.25) is 0 Å². The molecule has 0 bridgehead atoms. The van der Waals surface area contributed by atoms with Crippen LogP contribution in [0.4, 0.5) is 0 Å². The molecule has 0 saturated heterocycles. The maximum atomic E-state index is 9.55. The highest BCUT2D eigenvalue weighted by molar-refractivity contribution is 6.81. The van der Waals surface area contributed by atoms with Gasteiger partial charge in [-0.15, -0.1) is 6.42 Å².